The molecule has 1 N–H and O–H groups in total. The molecular formula is C12H8Cl2FNO. The van der Waals surface area contributed by atoms with Gasteiger partial charge in [0.25, 0.3) is 0 Å². The van der Waals surface area contributed by atoms with Gasteiger partial charge in [-0.05, 0) is 24.3 Å². The first-order valence-electron chi connectivity index (χ1n) is 4.83. The van der Waals surface area contributed by atoms with E-state index in [1.807, 2.05) is 0 Å². The number of rotatable bonds is 2. The molecule has 0 aliphatic rings. The van der Waals surface area contributed by atoms with Crippen molar-refractivity contribution in [3.8, 4) is 11.3 Å². The average Bonchev–Trinajstić information content (AvgIpc) is 2.27. The van der Waals surface area contributed by atoms with Crippen LogP contribution < -0.4 is 0 Å². The number of hydrogen-bond acceptors (Lipinski definition) is 2. The predicted molar refractivity (Wildman–Crippen MR) is 65.6 cm³/mol. The molecule has 0 amide bonds. The maximum atomic E-state index is 13.1. The molecule has 1 aromatic heterocycles. The van der Waals surface area contributed by atoms with E-state index in [2.05, 4.69) is 4.98 Å². The van der Waals surface area contributed by atoms with Crippen LogP contribution in [-0.4, -0.2) is 10.1 Å². The molecule has 1 heterocycles. The van der Waals surface area contributed by atoms with Crippen molar-refractivity contribution in [2.75, 3.05) is 0 Å². The zero-order valence-corrected chi connectivity index (χ0v) is 10.1. The molecule has 17 heavy (non-hydrogen) atoms. The minimum absolute atomic E-state index is 0.229. The Labute approximate surface area is 108 Å². The second kappa shape index (κ2) is 5.00. The van der Waals surface area contributed by atoms with E-state index in [4.69, 9.17) is 23.2 Å². The molecular weight excluding hydrogens is 264 g/mol. The molecule has 0 saturated carbocycles. The highest BCUT2D eigenvalue weighted by molar-refractivity contribution is 6.35. The molecule has 0 atom stereocenters. The topological polar surface area (TPSA) is 33.1 Å². The third-order valence-electron chi connectivity index (χ3n) is 2.25. The molecule has 2 rings (SSSR count). The number of benzene rings is 1. The summed E-state index contributed by atoms with van der Waals surface area (Å²) in [5.41, 5.74) is 1.44. The van der Waals surface area contributed by atoms with Crippen LogP contribution in [0.5, 0.6) is 0 Å². The number of aliphatic hydroxyl groups excluding tert-OH is 1. The second-order valence-electron chi connectivity index (χ2n) is 3.46. The van der Waals surface area contributed by atoms with Gasteiger partial charge < -0.3 is 5.11 Å². The van der Waals surface area contributed by atoms with Crippen molar-refractivity contribution in [2.24, 2.45) is 0 Å². The summed E-state index contributed by atoms with van der Waals surface area (Å²) >= 11 is 11.7. The normalized spacial score (nSPS) is 10.6. The van der Waals surface area contributed by atoms with Crippen molar-refractivity contribution >= 4 is 23.2 Å². The smallest absolute Gasteiger partial charge is 0.213 e. The van der Waals surface area contributed by atoms with E-state index in [-0.39, 0.29) is 6.61 Å². The molecule has 0 radical (unpaired) electrons. The lowest BCUT2D eigenvalue weighted by molar-refractivity contribution is 0.281. The molecule has 0 fully saturated rings. The van der Waals surface area contributed by atoms with Crippen LogP contribution in [0.2, 0.25) is 10.0 Å². The molecule has 0 bridgehead atoms. The van der Waals surface area contributed by atoms with Gasteiger partial charge in [0, 0.05) is 21.2 Å². The van der Waals surface area contributed by atoms with Gasteiger partial charge in [-0.3, -0.25) is 0 Å². The first kappa shape index (κ1) is 12.3. The summed E-state index contributed by atoms with van der Waals surface area (Å²) in [7, 11) is 0. The van der Waals surface area contributed by atoms with Gasteiger partial charge in [0.2, 0.25) is 5.95 Å². The summed E-state index contributed by atoms with van der Waals surface area (Å²) in [4.78, 5) is 3.75. The zero-order valence-electron chi connectivity index (χ0n) is 8.62. The van der Waals surface area contributed by atoms with E-state index < -0.39 is 5.95 Å². The summed E-state index contributed by atoms with van der Waals surface area (Å²) in [6, 6.07) is 7.49. The van der Waals surface area contributed by atoms with Crippen molar-refractivity contribution < 1.29 is 9.50 Å². The van der Waals surface area contributed by atoms with Crippen LogP contribution in [0.1, 0.15) is 5.56 Å². The van der Waals surface area contributed by atoms with Crippen LogP contribution >= 0.6 is 23.2 Å². The first-order chi connectivity index (χ1) is 8.10. The number of pyridine rings is 1. The minimum atomic E-state index is -0.617. The molecule has 88 valence electrons. The number of hydrogen-bond donors (Lipinski definition) is 1. The Bertz CT molecular complexity index is 540. The Morgan fingerprint density at radius 1 is 1.12 bits per heavy atom. The summed E-state index contributed by atoms with van der Waals surface area (Å²) in [5, 5.41) is 10.0. The number of aromatic nitrogens is 1. The zero-order chi connectivity index (χ0) is 12.4. The molecule has 2 aromatic rings. The lowest BCUT2D eigenvalue weighted by atomic mass is 10.1. The van der Waals surface area contributed by atoms with Gasteiger partial charge in [-0.25, -0.2) is 4.98 Å². The van der Waals surface area contributed by atoms with E-state index in [1.165, 1.54) is 12.1 Å². The molecule has 0 saturated heterocycles. The quantitative estimate of drug-likeness (QED) is 0.846. The molecule has 0 aliphatic carbocycles. The average molecular weight is 272 g/mol. The summed E-state index contributed by atoms with van der Waals surface area (Å²) in [6.45, 7) is -0.229. The Hall–Kier alpha value is -1.16. The van der Waals surface area contributed by atoms with Crippen molar-refractivity contribution in [1.29, 1.82) is 0 Å². The monoisotopic (exact) mass is 271 g/mol. The molecule has 5 heteroatoms. The SMILES string of the molecule is OCc1ccc(F)nc1-c1cc(Cl)cc(Cl)c1. The van der Waals surface area contributed by atoms with Crippen molar-refractivity contribution in [3.63, 3.8) is 0 Å². The van der Waals surface area contributed by atoms with E-state index in [0.29, 0.717) is 26.9 Å². The van der Waals surface area contributed by atoms with Gasteiger partial charge in [-0.2, -0.15) is 4.39 Å². The third-order valence-corrected chi connectivity index (χ3v) is 2.69. The van der Waals surface area contributed by atoms with Crippen LogP contribution in [-0.2, 0) is 6.61 Å². The fourth-order valence-electron chi connectivity index (χ4n) is 1.53. The number of halogens is 3. The van der Waals surface area contributed by atoms with Crippen molar-refractivity contribution in [2.45, 2.75) is 6.61 Å². The highest BCUT2D eigenvalue weighted by Gasteiger charge is 2.09. The van der Waals surface area contributed by atoms with Crippen LogP contribution in [0.3, 0.4) is 0 Å². The van der Waals surface area contributed by atoms with Crippen LogP contribution in [0.4, 0.5) is 4.39 Å². The van der Waals surface area contributed by atoms with Gasteiger partial charge in [0.1, 0.15) is 0 Å². The Morgan fingerprint density at radius 2 is 1.76 bits per heavy atom. The lowest BCUT2D eigenvalue weighted by Gasteiger charge is -2.07. The van der Waals surface area contributed by atoms with Gasteiger partial charge >= 0.3 is 0 Å². The Balaban J connectivity index is 2.62. The number of aliphatic hydroxyl groups is 1. The molecule has 0 aliphatic heterocycles. The maximum Gasteiger partial charge on any atom is 0.213 e. The molecule has 1 aromatic carbocycles. The van der Waals surface area contributed by atoms with E-state index >= 15 is 0 Å². The Morgan fingerprint density at radius 3 is 2.35 bits per heavy atom. The van der Waals surface area contributed by atoms with Crippen molar-refractivity contribution in [3.05, 3.63) is 51.9 Å². The fraction of sp³-hybridized carbons (Fsp3) is 0.0833. The van der Waals surface area contributed by atoms with Crippen molar-refractivity contribution in [1.82, 2.24) is 4.98 Å². The largest absolute Gasteiger partial charge is 0.392 e. The first-order valence-corrected chi connectivity index (χ1v) is 5.58. The maximum absolute atomic E-state index is 13.1. The van der Waals surface area contributed by atoms with E-state index in [0.717, 1.165) is 0 Å². The summed E-state index contributed by atoms with van der Waals surface area (Å²) in [5.74, 6) is -0.617. The summed E-state index contributed by atoms with van der Waals surface area (Å²) < 4.78 is 13.1. The van der Waals surface area contributed by atoms with Gasteiger partial charge in [-0.1, -0.05) is 29.3 Å². The Kier molecular flexibility index (Phi) is 3.62. The molecule has 2 nitrogen and oxygen atoms in total. The van der Waals surface area contributed by atoms with E-state index in [1.54, 1.807) is 18.2 Å². The lowest BCUT2D eigenvalue weighted by Crippen LogP contribution is -1.95. The van der Waals surface area contributed by atoms with Gasteiger partial charge in [0.15, 0.2) is 0 Å². The standard InChI is InChI=1S/C12H8Cl2FNO/c13-9-3-8(4-10(14)5-9)12-7(6-17)1-2-11(15)16-12/h1-5,17H,6H2. The van der Waals surface area contributed by atoms with Gasteiger partial charge in [-0.15, -0.1) is 0 Å². The minimum Gasteiger partial charge on any atom is -0.392 e. The molecule has 0 spiro atoms. The summed E-state index contributed by atoms with van der Waals surface area (Å²) in [6.07, 6.45) is 0. The predicted octanol–water partition coefficient (Wildman–Crippen LogP) is 3.69. The van der Waals surface area contributed by atoms with E-state index in [9.17, 15) is 9.50 Å². The van der Waals surface area contributed by atoms with Gasteiger partial charge in [0.05, 0.1) is 12.3 Å². The highest BCUT2D eigenvalue weighted by atomic mass is 35.5. The fourth-order valence-corrected chi connectivity index (χ4v) is 2.06. The molecule has 0 unspecified atom stereocenters. The highest BCUT2D eigenvalue weighted by Crippen LogP contribution is 2.28. The third kappa shape index (κ3) is 2.75. The number of nitrogens with zero attached hydrogens (tertiary/aromatic N) is 1. The van der Waals surface area contributed by atoms with Crippen LogP contribution in [0, 0.1) is 5.95 Å². The van der Waals surface area contributed by atoms with Crippen LogP contribution in [0.15, 0.2) is 30.3 Å². The second-order valence-corrected chi connectivity index (χ2v) is 4.33. The van der Waals surface area contributed by atoms with Crippen LogP contribution in [0.25, 0.3) is 11.3 Å².